The van der Waals surface area contributed by atoms with Crippen LogP contribution in [0, 0.1) is 0 Å². The Hall–Kier alpha value is 0.870. The molecule has 0 fully saturated rings. The standard InChI is InChI=1S/C17H36O4S.Na/c1-3-5-7-8-9-10-14-17(22(19,20)21)15-11-13-16(18)12-6-4-2;/h16-18H,3-15H2,1-2H3,(H,19,20,21);/q;+1/p-1. The van der Waals surface area contributed by atoms with Gasteiger partial charge in [0, 0.05) is 5.25 Å². The van der Waals surface area contributed by atoms with Gasteiger partial charge in [-0.25, -0.2) is 8.42 Å². The van der Waals surface area contributed by atoms with Gasteiger partial charge in [-0.1, -0.05) is 65.2 Å². The van der Waals surface area contributed by atoms with Crippen molar-refractivity contribution in [2.45, 2.75) is 109 Å². The van der Waals surface area contributed by atoms with Crippen LogP contribution < -0.4 is 29.6 Å². The van der Waals surface area contributed by atoms with Crippen molar-refractivity contribution in [1.29, 1.82) is 0 Å². The third kappa shape index (κ3) is 16.1. The van der Waals surface area contributed by atoms with Crippen molar-refractivity contribution in [2.24, 2.45) is 0 Å². The molecule has 0 aromatic carbocycles. The number of hydrogen-bond donors (Lipinski definition) is 1. The number of rotatable bonds is 15. The van der Waals surface area contributed by atoms with Gasteiger partial charge in [-0.3, -0.25) is 0 Å². The SMILES string of the molecule is CCCCCCCCC(CCCC(O)CCCC)S(=O)(=O)[O-].[Na+]. The van der Waals surface area contributed by atoms with E-state index in [0.717, 1.165) is 38.5 Å². The van der Waals surface area contributed by atoms with Gasteiger partial charge < -0.3 is 9.66 Å². The summed E-state index contributed by atoms with van der Waals surface area (Å²) in [5.41, 5.74) is 0. The fourth-order valence-corrected chi connectivity index (χ4v) is 3.66. The van der Waals surface area contributed by atoms with Gasteiger partial charge in [0.1, 0.15) is 0 Å². The van der Waals surface area contributed by atoms with Crippen LogP contribution in [0.25, 0.3) is 0 Å². The van der Waals surface area contributed by atoms with Crippen LogP contribution in [0.5, 0.6) is 0 Å². The van der Waals surface area contributed by atoms with Crippen molar-refractivity contribution in [3.8, 4) is 0 Å². The molecule has 1 N–H and O–H groups in total. The van der Waals surface area contributed by atoms with Crippen molar-refractivity contribution in [3.63, 3.8) is 0 Å². The second kappa shape index (κ2) is 16.3. The maximum absolute atomic E-state index is 11.3. The van der Waals surface area contributed by atoms with Gasteiger partial charge in [0.25, 0.3) is 0 Å². The zero-order valence-corrected chi connectivity index (χ0v) is 18.2. The van der Waals surface area contributed by atoms with Crippen LogP contribution in [-0.4, -0.2) is 29.4 Å². The minimum Gasteiger partial charge on any atom is -0.748 e. The van der Waals surface area contributed by atoms with Gasteiger partial charge in [0.2, 0.25) is 0 Å². The molecule has 0 aliphatic carbocycles. The van der Waals surface area contributed by atoms with Crippen molar-refractivity contribution in [2.75, 3.05) is 0 Å². The molecule has 0 spiro atoms. The Morgan fingerprint density at radius 1 is 0.783 bits per heavy atom. The maximum atomic E-state index is 11.3. The van der Waals surface area contributed by atoms with E-state index in [1.54, 1.807) is 0 Å². The van der Waals surface area contributed by atoms with Crippen molar-refractivity contribution in [3.05, 3.63) is 0 Å². The van der Waals surface area contributed by atoms with Crippen molar-refractivity contribution < 1.29 is 47.6 Å². The number of aliphatic hydroxyl groups excluding tert-OH is 1. The molecule has 0 saturated carbocycles. The molecule has 2 atom stereocenters. The first-order valence-electron chi connectivity index (χ1n) is 9.04. The van der Waals surface area contributed by atoms with Crippen molar-refractivity contribution in [1.82, 2.24) is 0 Å². The fourth-order valence-electron chi connectivity index (χ4n) is 2.75. The Kier molecular flexibility index (Phi) is 18.5. The van der Waals surface area contributed by atoms with Gasteiger partial charge in [0.05, 0.1) is 16.2 Å². The zero-order chi connectivity index (χ0) is 16.8. The summed E-state index contributed by atoms with van der Waals surface area (Å²) in [5, 5.41) is 9.00. The van der Waals surface area contributed by atoms with Crippen LogP contribution in [-0.2, 0) is 10.1 Å². The van der Waals surface area contributed by atoms with Crippen LogP contribution in [0.15, 0.2) is 0 Å². The Bertz CT molecular complexity index is 347. The zero-order valence-electron chi connectivity index (χ0n) is 15.4. The first-order valence-corrected chi connectivity index (χ1v) is 10.5. The molecule has 0 saturated heterocycles. The maximum Gasteiger partial charge on any atom is 1.00 e. The molecule has 0 aliphatic rings. The molecule has 2 unspecified atom stereocenters. The molecule has 0 radical (unpaired) electrons. The average Bonchev–Trinajstić information content (AvgIpc) is 2.45. The minimum atomic E-state index is -4.21. The monoisotopic (exact) mass is 358 g/mol. The molecule has 23 heavy (non-hydrogen) atoms. The largest absolute Gasteiger partial charge is 1.00 e. The molecule has 0 heterocycles. The van der Waals surface area contributed by atoms with E-state index in [9.17, 15) is 18.1 Å². The van der Waals surface area contributed by atoms with Gasteiger partial charge in [-0.05, 0) is 32.1 Å². The van der Waals surface area contributed by atoms with Crippen LogP contribution in [0.1, 0.15) is 97.3 Å². The molecule has 0 aliphatic heterocycles. The molecule has 4 nitrogen and oxygen atoms in total. The number of aliphatic hydroxyl groups is 1. The molecule has 134 valence electrons. The van der Waals surface area contributed by atoms with E-state index < -0.39 is 15.4 Å². The summed E-state index contributed by atoms with van der Waals surface area (Å²) in [6.07, 6.45) is 11.1. The second-order valence-electron chi connectivity index (χ2n) is 6.40. The fraction of sp³-hybridized carbons (Fsp3) is 1.00. The predicted octanol–water partition coefficient (Wildman–Crippen LogP) is 1.38. The Morgan fingerprint density at radius 2 is 1.26 bits per heavy atom. The number of unbranched alkanes of at least 4 members (excludes halogenated alkanes) is 6. The van der Waals surface area contributed by atoms with Crippen molar-refractivity contribution >= 4 is 10.1 Å². The summed E-state index contributed by atoms with van der Waals surface area (Å²) < 4.78 is 34.0. The van der Waals surface area contributed by atoms with E-state index in [4.69, 9.17) is 0 Å². The summed E-state index contributed by atoms with van der Waals surface area (Å²) in [5.74, 6) is 0. The second-order valence-corrected chi connectivity index (χ2v) is 8.05. The number of hydrogen-bond acceptors (Lipinski definition) is 4. The van der Waals surface area contributed by atoms with E-state index in [1.165, 1.54) is 19.3 Å². The van der Waals surface area contributed by atoms with E-state index in [1.807, 2.05) is 0 Å². The summed E-state index contributed by atoms with van der Waals surface area (Å²) in [7, 11) is -4.21. The Balaban J connectivity index is 0. The summed E-state index contributed by atoms with van der Waals surface area (Å²) in [6, 6.07) is 0. The van der Waals surface area contributed by atoms with Gasteiger partial charge in [-0.2, -0.15) is 0 Å². The third-order valence-electron chi connectivity index (χ3n) is 4.24. The van der Waals surface area contributed by atoms with E-state index in [0.29, 0.717) is 25.7 Å². The van der Waals surface area contributed by atoms with Gasteiger partial charge in [0.15, 0.2) is 0 Å². The van der Waals surface area contributed by atoms with Crippen LogP contribution >= 0.6 is 0 Å². The summed E-state index contributed by atoms with van der Waals surface area (Å²) >= 11 is 0. The van der Waals surface area contributed by atoms with Crippen LogP contribution in [0.3, 0.4) is 0 Å². The molecule has 0 aromatic heterocycles. The Labute approximate surface area is 165 Å². The summed E-state index contributed by atoms with van der Waals surface area (Å²) in [6.45, 7) is 4.24. The summed E-state index contributed by atoms with van der Waals surface area (Å²) in [4.78, 5) is 0. The van der Waals surface area contributed by atoms with E-state index in [2.05, 4.69) is 13.8 Å². The first-order chi connectivity index (χ1) is 10.4. The van der Waals surface area contributed by atoms with Crippen LogP contribution in [0.2, 0.25) is 0 Å². The molecular formula is C17H35NaO4S. The average molecular weight is 359 g/mol. The molecular weight excluding hydrogens is 323 g/mol. The molecule has 0 aromatic rings. The molecule has 0 rings (SSSR count). The van der Waals surface area contributed by atoms with Crippen LogP contribution in [0.4, 0.5) is 0 Å². The third-order valence-corrected chi connectivity index (χ3v) is 5.53. The molecule has 0 amide bonds. The first kappa shape index (κ1) is 26.1. The molecule has 6 heteroatoms. The predicted molar refractivity (Wildman–Crippen MR) is 90.9 cm³/mol. The Morgan fingerprint density at radius 3 is 1.83 bits per heavy atom. The minimum absolute atomic E-state index is 0. The van der Waals surface area contributed by atoms with Gasteiger partial charge in [-0.15, -0.1) is 0 Å². The van der Waals surface area contributed by atoms with E-state index >= 15 is 0 Å². The normalized spacial score (nSPS) is 14.3. The quantitative estimate of drug-likeness (QED) is 0.272. The smallest absolute Gasteiger partial charge is 0.748 e. The topological polar surface area (TPSA) is 77.4 Å². The van der Waals surface area contributed by atoms with E-state index in [-0.39, 0.29) is 35.7 Å². The van der Waals surface area contributed by atoms with Gasteiger partial charge >= 0.3 is 29.6 Å². The molecule has 0 bridgehead atoms.